The van der Waals surface area contributed by atoms with Gasteiger partial charge in [0.2, 0.25) is 5.88 Å². The third kappa shape index (κ3) is 4.25. The van der Waals surface area contributed by atoms with Gasteiger partial charge in [-0.2, -0.15) is 0 Å². The zero-order chi connectivity index (χ0) is 15.3. The molecule has 20 heavy (non-hydrogen) atoms. The highest BCUT2D eigenvalue weighted by Crippen LogP contribution is 2.33. The molecule has 1 aromatic rings. The van der Waals surface area contributed by atoms with Crippen LogP contribution in [0, 0.1) is 0 Å². The number of carbonyl (C=O) groups is 1. The molecule has 0 spiro atoms. The van der Waals surface area contributed by atoms with Crippen molar-refractivity contribution in [3.05, 3.63) is 17.3 Å². The van der Waals surface area contributed by atoms with Crippen LogP contribution in [0.2, 0.25) is 0 Å². The van der Waals surface area contributed by atoms with Crippen LogP contribution in [0.15, 0.2) is 6.07 Å². The van der Waals surface area contributed by atoms with Crippen molar-refractivity contribution in [1.82, 2.24) is 4.98 Å². The van der Waals surface area contributed by atoms with Crippen LogP contribution in [-0.2, 0) is 22.6 Å². The topological polar surface area (TPSA) is 57.7 Å². The number of hydrogen-bond donors (Lipinski definition) is 0. The lowest BCUT2D eigenvalue weighted by Gasteiger charge is -2.15. The number of halogens is 4. The molecular weight excluding hydrogens is 286 g/mol. The number of alkyl halides is 4. The molecule has 0 amide bonds. The van der Waals surface area contributed by atoms with Crippen molar-refractivity contribution >= 4 is 5.97 Å². The maximum absolute atomic E-state index is 12.6. The SMILES string of the molecule is COC(=O)Cc1c(OC(F)(F)F)cc(CF)nc1OC. The van der Waals surface area contributed by atoms with Crippen LogP contribution in [0.5, 0.6) is 11.6 Å². The van der Waals surface area contributed by atoms with E-state index >= 15 is 0 Å². The molecule has 0 radical (unpaired) electrons. The first-order valence-corrected chi connectivity index (χ1v) is 5.26. The van der Waals surface area contributed by atoms with Crippen LogP contribution < -0.4 is 9.47 Å². The standard InChI is InChI=1S/C11H11F4NO4/c1-18-9(17)4-7-8(20-11(13,14)15)3-6(5-12)16-10(7)19-2/h3H,4-5H2,1-2H3. The van der Waals surface area contributed by atoms with Gasteiger partial charge in [-0.25, -0.2) is 9.37 Å². The molecule has 1 aromatic heterocycles. The Balaban J connectivity index is 3.30. The van der Waals surface area contributed by atoms with E-state index in [1.807, 2.05) is 0 Å². The number of nitrogens with zero attached hydrogens (tertiary/aromatic N) is 1. The van der Waals surface area contributed by atoms with Gasteiger partial charge in [-0.1, -0.05) is 0 Å². The minimum Gasteiger partial charge on any atom is -0.481 e. The number of esters is 1. The largest absolute Gasteiger partial charge is 0.573 e. The Bertz CT molecular complexity index is 490. The molecule has 0 N–H and O–H groups in total. The van der Waals surface area contributed by atoms with E-state index in [9.17, 15) is 22.4 Å². The van der Waals surface area contributed by atoms with Crippen molar-refractivity contribution in [2.24, 2.45) is 0 Å². The van der Waals surface area contributed by atoms with Gasteiger partial charge in [-0.05, 0) is 0 Å². The van der Waals surface area contributed by atoms with Crippen molar-refractivity contribution in [3.8, 4) is 11.6 Å². The van der Waals surface area contributed by atoms with Crippen molar-refractivity contribution in [3.63, 3.8) is 0 Å². The summed E-state index contributed by atoms with van der Waals surface area (Å²) >= 11 is 0. The summed E-state index contributed by atoms with van der Waals surface area (Å²) < 4.78 is 62.4. The predicted octanol–water partition coefficient (Wildman–Crippen LogP) is 2.17. The van der Waals surface area contributed by atoms with Crippen molar-refractivity contribution in [2.75, 3.05) is 14.2 Å². The molecular formula is C11H11F4NO4. The predicted molar refractivity (Wildman–Crippen MR) is 58.0 cm³/mol. The van der Waals surface area contributed by atoms with Gasteiger partial charge >= 0.3 is 12.3 Å². The highest BCUT2D eigenvalue weighted by molar-refractivity contribution is 5.74. The number of methoxy groups -OCH3 is 2. The van der Waals surface area contributed by atoms with Crippen molar-refractivity contribution in [1.29, 1.82) is 0 Å². The molecule has 0 aliphatic carbocycles. The van der Waals surface area contributed by atoms with Gasteiger partial charge in [-0.3, -0.25) is 4.79 Å². The zero-order valence-corrected chi connectivity index (χ0v) is 10.6. The summed E-state index contributed by atoms with van der Waals surface area (Å²) in [5.41, 5.74) is -0.580. The smallest absolute Gasteiger partial charge is 0.481 e. The molecule has 0 unspecified atom stereocenters. The number of aromatic nitrogens is 1. The summed E-state index contributed by atoms with van der Waals surface area (Å²) in [4.78, 5) is 14.8. The monoisotopic (exact) mass is 297 g/mol. The number of ether oxygens (including phenoxy) is 3. The Kier molecular flexibility index (Phi) is 5.12. The molecule has 5 nitrogen and oxygen atoms in total. The van der Waals surface area contributed by atoms with E-state index in [0.717, 1.165) is 20.3 Å². The van der Waals surface area contributed by atoms with Gasteiger partial charge in [0.15, 0.2) is 0 Å². The van der Waals surface area contributed by atoms with Gasteiger partial charge in [0.25, 0.3) is 0 Å². The molecule has 0 aliphatic heterocycles. The molecule has 0 fully saturated rings. The quantitative estimate of drug-likeness (QED) is 0.616. The average Bonchev–Trinajstić information content (AvgIpc) is 2.38. The van der Waals surface area contributed by atoms with Gasteiger partial charge < -0.3 is 14.2 Å². The van der Waals surface area contributed by atoms with E-state index in [4.69, 9.17) is 4.74 Å². The van der Waals surface area contributed by atoms with Gasteiger partial charge in [0.1, 0.15) is 12.4 Å². The Hall–Kier alpha value is -2.06. The fraction of sp³-hybridized carbons (Fsp3) is 0.455. The van der Waals surface area contributed by atoms with Crippen LogP contribution in [0.4, 0.5) is 17.6 Å². The second-order valence-corrected chi connectivity index (χ2v) is 3.53. The van der Waals surface area contributed by atoms with Crippen LogP contribution >= 0.6 is 0 Å². The number of hydrogen-bond acceptors (Lipinski definition) is 5. The minimum absolute atomic E-state index is 0.270. The molecule has 9 heteroatoms. The third-order valence-electron chi connectivity index (χ3n) is 2.20. The average molecular weight is 297 g/mol. The molecule has 0 aliphatic rings. The maximum Gasteiger partial charge on any atom is 0.573 e. The second kappa shape index (κ2) is 6.40. The summed E-state index contributed by atoms with van der Waals surface area (Å²) in [6.45, 7) is -1.11. The zero-order valence-electron chi connectivity index (χ0n) is 10.6. The Morgan fingerprint density at radius 2 is 2.00 bits per heavy atom. The first-order chi connectivity index (χ1) is 9.30. The van der Waals surface area contributed by atoms with Crippen molar-refractivity contribution in [2.45, 2.75) is 19.5 Å². The molecule has 1 heterocycles. The van der Waals surface area contributed by atoms with E-state index in [1.165, 1.54) is 0 Å². The molecule has 0 aromatic carbocycles. The first-order valence-electron chi connectivity index (χ1n) is 5.26. The van der Waals surface area contributed by atoms with E-state index in [-0.39, 0.29) is 17.1 Å². The summed E-state index contributed by atoms with van der Waals surface area (Å²) in [5.74, 6) is -1.89. The lowest BCUT2D eigenvalue weighted by Crippen LogP contribution is -2.20. The van der Waals surface area contributed by atoms with Gasteiger partial charge in [-0.15, -0.1) is 13.2 Å². The first kappa shape index (κ1) is 16.0. The summed E-state index contributed by atoms with van der Waals surface area (Å²) in [6, 6.07) is 0.758. The van der Waals surface area contributed by atoms with E-state index < -0.39 is 31.2 Å². The van der Waals surface area contributed by atoms with E-state index in [0.29, 0.717) is 0 Å². The van der Waals surface area contributed by atoms with Gasteiger partial charge in [0, 0.05) is 6.07 Å². The minimum atomic E-state index is -5.00. The summed E-state index contributed by atoms with van der Waals surface area (Å²) in [6.07, 6.45) is -5.55. The highest BCUT2D eigenvalue weighted by atomic mass is 19.4. The van der Waals surface area contributed by atoms with Crippen LogP contribution in [0.1, 0.15) is 11.3 Å². The Morgan fingerprint density at radius 3 is 2.45 bits per heavy atom. The Morgan fingerprint density at radius 1 is 1.35 bits per heavy atom. The van der Waals surface area contributed by atoms with Crippen molar-refractivity contribution < 1.29 is 36.6 Å². The lowest BCUT2D eigenvalue weighted by molar-refractivity contribution is -0.275. The Labute approximate surface area is 111 Å². The van der Waals surface area contributed by atoms with Crippen LogP contribution in [-0.4, -0.2) is 31.5 Å². The fourth-order valence-electron chi connectivity index (χ4n) is 1.41. The summed E-state index contributed by atoms with van der Waals surface area (Å²) in [7, 11) is 2.20. The van der Waals surface area contributed by atoms with Crippen LogP contribution in [0.3, 0.4) is 0 Å². The summed E-state index contributed by atoms with van der Waals surface area (Å²) in [5, 5.41) is 0. The van der Waals surface area contributed by atoms with E-state index in [2.05, 4.69) is 14.5 Å². The fourth-order valence-corrected chi connectivity index (χ4v) is 1.41. The second-order valence-electron chi connectivity index (χ2n) is 3.53. The maximum atomic E-state index is 12.6. The van der Waals surface area contributed by atoms with Crippen LogP contribution in [0.25, 0.3) is 0 Å². The number of rotatable bonds is 5. The normalized spacial score (nSPS) is 11.1. The molecule has 0 saturated carbocycles. The molecule has 0 atom stereocenters. The highest BCUT2D eigenvalue weighted by Gasteiger charge is 2.33. The molecule has 0 bridgehead atoms. The molecule has 1 rings (SSSR count). The number of pyridine rings is 1. The van der Waals surface area contributed by atoms with Gasteiger partial charge in [0.05, 0.1) is 31.9 Å². The lowest BCUT2D eigenvalue weighted by atomic mass is 10.1. The number of carbonyl (C=O) groups excluding carboxylic acids is 1. The third-order valence-corrected chi connectivity index (χ3v) is 2.20. The van der Waals surface area contributed by atoms with E-state index in [1.54, 1.807) is 0 Å². The molecule has 0 saturated heterocycles. The molecule has 112 valence electrons.